The highest BCUT2D eigenvalue weighted by atomic mass is 16.5. The topological polar surface area (TPSA) is 41.5 Å². The highest BCUT2D eigenvalue weighted by Gasteiger charge is 2.06. The monoisotopic (exact) mass is 259 g/mol. The molecule has 1 unspecified atom stereocenters. The van der Waals surface area contributed by atoms with Gasteiger partial charge in [0.1, 0.15) is 12.0 Å². The molecule has 102 valence electrons. The van der Waals surface area contributed by atoms with Gasteiger partial charge in [-0.1, -0.05) is 36.4 Å². The Morgan fingerprint density at radius 1 is 1.11 bits per heavy atom. The molecule has 3 nitrogen and oxygen atoms in total. The van der Waals surface area contributed by atoms with E-state index in [4.69, 9.17) is 4.74 Å². The second-order valence-corrected chi connectivity index (χ2v) is 4.95. The molecule has 0 bridgehead atoms. The van der Waals surface area contributed by atoms with Crippen LogP contribution in [0, 0.1) is 0 Å². The number of fused-ring (bicyclic) bond motifs is 1. The third-order valence-corrected chi connectivity index (χ3v) is 2.92. The molecule has 3 heteroatoms. The molecule has 2 aromatic carbocycles. The van der Waals surface area contributed by atoms with Crippen LogP contribution in [0.1, 0.15) is 20.3 Å². The van der Waals surface area contributed by atoms with Crippen LogP contribution in [0.2, 0.25) is 0 Å². The summed E-state index contributed by atoms with van der Waals surface area (Å²) in [6.45, 7) is 4.51. The molecule has 0 saturated carbocycles. The molecule has 0 aromatic heterocycles. The van der Waals surface area contributed by atoms with Crippen LogP contribution in [-0.2, 0) is 0 Å². The van der Waals surface area contributed by atoms with Crippen molar-refractivity contribution in [3.63, 3.8) is 0 Å². The summed E-state index contributed by atoms with van der Waals surface area (Å²) in [6.07, 6.45) is 0.0523. The maximum atomic E-state index is 9.72. The van der Waals surface area contributed by atoms with Crippen molar-refractivity contribution in [1.29, 1.82) is 0 Å². The Bertz CT molecular complexity index is 520. The molecule has 2 N–H and O–H groups in total. The minimum atomic E-state index is -0.519. The lowest BCUT2D eigenvalue weighted by molar-refractivity contribution is 0.0998. The fourth-order valence-electron chi connectivity index (χ4n) is 2.07. The lowest BCUT2D eigenvalue weighted by Gasteiger charge is -2.16. The first kappa shape index (κ1) is 13.8. The van der Waals surface area contributed by atoms with Crippen LogP contribution in [0.25, 0.3) is 10.8 Å². The van der Waals surface area contributed by atoms with Crippen LogP contribution in [0.4, 0.5) is 0 Å². The highest BCUT2D eigenvalue weighted by Crippen LogP contribution is 2.25. The van der Waals surface area contributed by atoms with Crippen LogP contribution in [0.15, 0.2) is 42.5 Å². The van der Waals surface area contributed by atoms with Crippen molar-refractivity contribution in [2.45, 2.75) is 32.5 Å². The molecule has 0 aliphatic rings. The molecule has 0 amide bonds. The number of ether oxygens (including phenoxy) is 1. The van der Waals surface area contributed by atoms with Gasteiger partial charge >= 0.3 is 0 Å². The van der Waals surface area contributed by atoms with Gasteiger partial charge in [0.05, 0.1) is 6.61 Å². The Balaban J connectivity index is 1.95. The number of aliphatic hydroxyl groups is 1. The van der Waals surface area contributed by atoms with E-state index in [1.807, 2.05) is 44.2 Å². The van der Waals surface area contributed by atoms with Crippen molar-refractivity contribution in [2.24, 2.45) is 0 Å². The van der Waals surface area contributed by atoms with Gasteiger partial charge in [-0.05, 0) is 25.3 Å². The van der Waals surface area contributed by atoms with E-state index in [1.54, 1.807) is 0 Å². The molecule has 0 aliphatic heterocycles. The SMILES string of the molecule is CC(C)NC(O)CCOc1cccc2ccccc12. The van der Waals surface area contributed by atoms with Gasteiger partial charge in [-0.3, -0.25) is 5.32 Å². The predicted octanol–water partition coefficient (Wildman–Crippen LogP) is 2.93. The van der Waals surface area contributed by atoms with Gasteiger partial charge in [0.15, 0.2) is 0 Å². The van der Waals surface area contributed by atoms with Gasteiger partial charge in [-0.2, -0.15) is 0 Å². The van der Waals surface area contributed by atoms with Crippen molar-refractivity contribution in [1.82, 2.24) is 5.32 Å². The fraction of sp³-hybridized carbons (Fsp3) is 0.375. The third kappa shape index (κ3) is 3.94. The van der Waals surface area contributed by atoms with Gasteiger partial charge in [0.25, 0.3) is 0 Å². The minimum absolute atomic E-state index is 0.271. The van der Waals surface area contributed by atoms with Crippen molar-refractivity contribution >= 4 is 10.8 Å². The number of hydrogen-bond donors (Lipinski definition) is 2. The molecule has 2 rings (SSSR count). The Hall–Kier alpha value is -1.58. The molecule has 0 spiro atoms. The summed E-state index contributed by atoms with van der Waals surface area (Å²) in [7, 11) is 0. The van der Waals surface area contributed by atoms with Gasteiger partial charge in [-0.15, -0.1) is 0 Å². The van der Waals surface area contributed by atoms with E-state index >= 15 is 0 Å². The average Bonchev–Trinajstić information content (AvgIpc) is 2.38. The van der Waals surface area contributed by atoms with E-state index in [2.05, 4.69) is 17.4 Å². The Morgan fingerprint density at radius 2 is 1.84 bits per heavy atom. The second-order valence-electron chi connectivity index (χ2n) is 4.95. The number of benzene rings is 2. The summed E-state index contributed by atoms with van der Waals surface area (Å²) < 4.78 is 5.77. The van der Waals surface area contributed by atoms with Crippen molar-refractivity contribution < 1.29 is 9.84 Å². The largest absolute Gasteiger partial charge is 0.493 e. The smallest absolute Gasteiger partial charge is 0.127 e. The first-order valence-electron chi connectivity index (χ1n) is 6.71. The van der Waals surface area contributed by atoms with Crippen LogP contribution in [0.5, 0.6) is 5.75 Å². The lowest BCUT2D eigenvalue weighted by Crippen LogP contribution is -2.35. The molecule has 0 heterocycles. The fourth-order valence-corrected chi connectivity index (χ4v) is 2.07. The summed E-state index contributed by atoms with van der Waals surface area (Å²) in [4.78, 5) is 0. The molecular weight excluding hydrogens is 238 g/mol. The Kier molecular flexibility index (Phi) is 4.77. The summed E-state index contributed by atoms with van der Waals surface area (Å²) in [5.41, 5.74) is 0. The normalized spacial score (nSPS) is 12.8. The van der Waals surface area contributed by atoms with Crippen LogP contribution in [0.3, 0.4) is 0 Å². The van der Waals surface area contributed by atoms with E-state index in [9.17, 15) is 5.11 Å². The van der Waals surface area contributed by atoms with Crippen molar-refractivity contribution in [3.8, 4) is 5.75 Å². The third-order valence-electron chi connectivity index (χ3n) is 2.92. The first-order valence-corrected chi connectivity index (χ1v) is 6.71. The minimum Gasteiger partial charge on any atom is -0.493 e. The summed E-state index contributed by atoms with van der Waals surface area (Å²) >= 11 is 0. The summed E-state index contributed by atoms with van der Waals surface area (Å²) in [6, 6.07) is 14.4. The van der Waals surface area contributed by atoms with Gasteiger partial charge in [0.2, 0.25) is 0 Å². The summed E-state index contributed by atoms with van der Waals surface area (Å²) in [5, 5.41) is 15.0. The number of rotatable bonds is 6. The molecular formula is C16H21NO2. The van der Waals surface area contributed by atoms with E-state index in [0.29, 0.717) is 13.0 Å². The Morgan fingerprint density at radius 3 is 2.63 bits per heavy atom. The van der Waals surface area contributed by atoms with E-state index in [0.717, 1.165) is 11.1 Å². The first-order chi connectivity index (χ1) is 9.16. The van der Waals surface area contributed by atoms with E-state index in [1.165, 1.54) is 5.39 Å². The summed E-state index contributed by atoms with van der Waals surface area (Å²) in [5.74, 6) is 0.870. The van der Waals surface area contributed by atoms with Crippen LogP contribution in [-0.4, -0.2) is 24.0 Å². The zero-order valence-corrected chi connectivity index (χ0v) is 11.5. The standard InChI is InChI=1S/C16H21NO2/c1-12(2)17-16(18)10-11-19-15-9-5-7-13-6-3-4-8-14(13)15/h3-9,12,16-18H,10-11H2,1-2H3. The van der Waals surface area contributed by atoms with Gasteiger partial charge in [-0.25, -0.2) is 0 Å². The second kappa shape index (κ2) is 6.55. The molecule has 0 aliphatic carbocycles. The molecule has 2 aromatic rings. The Labute approximate surface area is 114 Å². The highest BCUT2D eigenvalue weighted by molar-refractivity contribution is 5.88. The molecule has 19 heavy (non-hydrogen) atoms. The number of nitrogens with one attached hydrogen (secondary N) is 1. The van der Waals surface area contributed by atoms with Gasteiger partial charge in [0, 0.05) is 17.8 Å². The molecule has 0 radical (unpaired) electrons. The van der Waals surface area contributed by atoms with Crippen LogP contribution >= 0.6 is 0 Å². The zero-order chi connectivity index (χ0) is 13.7. The molecule has 1 atom stereocenters. The predicted molar refractivity (Wildman–Crippen MR) is 78.3 cm³/mol. The quantitative estimate of drug-likeness (QED) is 0.784. The number of aliphatic hydroxyl groups excluding tert-OH is 1. The van der Waals surface area contributed by atoms with Crippen LogP contribution < -0.4 is 10.1 Å². The van der Waals surface area contributed by atoms with Crippen molar-refractivity contribution in [2.75, 3.05) is 6.61 Å². The number of hydrogen-bond acceptors (Lipinski definition) is 3. The maximum absolute atomic E-state index is 9.72. The molecule has 0 fully saturated rings. The maximum Gasteiger partial charge on any atom is 0.127 e. The average molecular weight is 259 g/mol. The molecule has 0 saturated heterocycles. The zero-order valence-electron chi connectivity index (χ0n) is 11.5. The van der Waals surface area contributed by atoms with Crippen molar-refractivity contribution in [3.05, 3.63) is 42.5 Å². The van der Waals surface area contributed by atoms with E-state index < -0.39 is 6.23 Å². The van der Waals surface area contributed by atoms with E-state index in [-0.39, 0.29) is 6.04 Å². The lowest BCUT2D eigenvalue weighted by atomic mass is 10.1. The van der Waals surface area contributed by atoms with Gasteiger partial charge < -0.3 is 9.84 Å².